The van der Waals surface area contributed by atoms with E-state index in [2.05, 4.69) is 24.9 Å². The molecule has 0 aliphatic carbocycles. The summed E-state index contributed by atoms with van der Waals surface area (Å²) < 4.78 is 5.95. The van der Waals surface area contributed by atoms with Gasteiger partial charge in [0.1, 0.15) is 17.8 Å². The van der Waals surface area contributed by atoms with Crippen LogP contribution >= 0.6 is 0 Å². The lowest BCUT2D eigenvalue weighted by Gasteiger charge is -2.47. The number of piperazine rings is 1. The van der Waals surface area contributed by atoms with Crippen LogP contribution in [0.4, 0.5) is 0 Å². The minimum absolute atomic E-state index is 0.0177. The highest BCUT2D eigenvalue weighted by Crippen LogP contribution is 2.44. The summed E-state index contributed by atoms with van der Waals surface area (Å²) in [4.78, 5) is 34.2. The van der Waals surface area contributed by atoms with Gasteiger partial charge in [-0.25, -0.2) is 0 Å². The third-order valence-electron chi connectivity index (χ3n) is 6.44. The van der Waals surface area contributed by atoms with Crippen LogP contribution in [0.2, 0.25) is 0 Å². The van der Waals surface area contributed by atoms with Gasteiger partial charge in [0.25, 0.3) is 0 Å². The second-order valence-corrected chi connectivity index (χ2v) is 9.07. The van der Waals surface area contributed by atoms with Gasteiger partial charge >= 0.3 is 0 Å². The molecule has 1 N–H and O–H groups in total. The smallest absolute Gasteiger partial charge is 0.246 e. The zero-order valence-electron chi connectivity index (χ0n) is 18.8. The van der Waals surface area contributed by atoms with E-state index in [1.165, 1.54) is 0 Å². The first-order valence-corrected chi connectivity index (χ1v) is 11.4. The molecule has 1 fully saturated rings. The summed E-state index contributed by atoms with van der Waals surface area (Å²) in [5, 5.41) is 1.11. The molecule has 6 heteroatoms. The van der Waals surface area contributed by atoms with Crippen LogP contribution in [-0.2, 0) is 16.0 Å². The first-order chi connectivity index (χ1) is 15.5. The Morgan fingerprint density at radius 1 is 1.09 bits per heavy atom. The summed E-state index contributed by atoms with van der Waals surface area (Å²) >= 11 is 0. The van der Waals surface area contributed by atoms with Gasteiger partial charge in [-0.2, -0.15) is 0 Å². The number of ether oxygens (including phenoxy) is 1. The lowest BCUT2D eigenvalue weighted by molar-refractivity contribution is -0.159. The Hall–Kier alpha value is -3.28. The number of nitrogens with zero attached hydrogens (tertiary/aromatic N) is 2. The fourth-order valence-corrected chi connectivity index (χ4v) is 5.24. The number of carbonyl (C=O) groups is 2. The fourth-order valence-electron chi connectivity index (χ4n) is 5.24. The summed E-state index contributed by atoms with van der Waals surface area (Å²) in [6, 6.07) is 15.1. The van der Waals surface area contributed by atoms with Crippen molar-refractivity contribution in [3.05, 3.63) is 65.4 Å². The number of para-hydroxylation sites is 2. The van der Waals surface area contributed by atoms with Crippen LogP contribution < -0.4 is 4.74 Å². The van der Waals surface area contributed by atoms with E-state index < -0.39 is 12.1 Å². The van der Waals surface area contributed by atoms with Crippen molar-refractivity contribution in [3.63, 3.8) is 0 Å². The average Bonchev–Trinajstić information content (AvgIpc) is 3.15. The average molecular weight is 432 g/mol. The largest absolute Gasteiger partial charge is 0.494 e. The van der Waals surface area contributed by atoms with E-state index in [0.717, 1.165) is 33.5 Å². The van der Waals surface area contributed by atoms with Crippen LogP contribution in [0, 0.1) is 5.92 Å². The van der Waals surface area contributed by atoms with Gasteiger partial charge in [-0.3, -0.25) is 9.59 Å². The molecule has 2 aliphatic rings. The number of hydrogen-bond acceptors (Lipinski definition) is 3. The molecule has 2 atom stereocenters. The molecule has 0 spiro atoms. The molecule has 2 aromatic carbocycles. The molecule has 0 saturated carbocycles. The monoisotopic (exact) mass is 431 g/mol. The molecule has 3 aromatic rings. The maximum absolute atomic E-state index is 13.6. The number of aromatic amines is 1. The van der Waals surface area contributed by atoms with E-state index in [-0.39, 0.29) is 18.4 Å². The molecule has 5 rings (SSSR count). The lowest BCUT2D eigenvalue weighted by Crippen LogP contribution is -2.63. The van der Waals surface area contributed by atoms with Crippen molar-refractivity contribution in [2.24, 2.45) is 5.92 Å². The standard InChI is InChI=1S/C26H29N3O3/c1-4-32-22-12-8-6-10-18(22)25-24-19(17-9-5-7-11-20(17)27-24)13-21-26(31)28(14-16(2)3)15-23(30)29(21)25/h5-12,16,21,25,27H,4,13-15H2,1-3H3/t21-,25-/m0/s1. The second-order valence-electron chi connectivity index (χ2n) is 9.07. The first-order valence-electron chi connectivity index (χ1n) is 11.4. The van der Waals surface area contributed by atoms with Crippen LogP contribution in [0.15, 0.2) is 48.5 Å². The molecule has 2 aliphatic heterocycles. The Balaban J connectivity index is 1.70. The minimum atomic E-state index is -0.513. The van der Waals surface area contributed by atoms with Crippen LogP contribution in [0.25, 0.3) is 10.9 Å². The van der Waals surface area contributed by atoms with E-state index in [4.69, 9.17) is 4.74 Å². The predicted molar refractivity (Wildman–Crippen MR) is 124 cm³/mol. The highest BCUT2D eigenvalue weighted by molar-refractivity contribution is 5.97. The number of nitrogens with one attached hydrogen (secondary N) is 1. The van der Waals surface area contributed by atoms with Gasteiger partial charge in [-0.15, -0.1) is 0 Å². The maximum Gasteiger partial charge on any atom is 0.246 e. The number of rotatable bonds is 5. The Bertz CT molecular complexity index is 1180. The molecular formula is C26H29N3O3. The highest BCUT2D eigenvalue weighted by Gasteiger charge is 2.48. The van der Waals surface area contributed by atoms with E-state index in [9.17, 15) is 9.59 Å². The predicted octanol–water partition coefficient (Wildman–Crippen LogP) is 3.91. The van der Waals surface area contributed by atoms with E-state index in [1.54, 1.807) is 9.80 Å². The molecule has 1 saturated heterocycles. The van der Waals surface area contributed by atoms with E-state index in [1.807, 2.05) is 49.4 Å². The quantitative estimate of drug-likeness (QED) is 0.666. The topological polar surface area (TPSA) is 65.6 Å². The van der Waals surface area contributed by atoms with Crippen LogP contribution in [0.1, 0.15) is 43.6 Å². The van der Waals surface area contributed by atoms with Crippen molar-refractivity contribution >= 4 is 22.7 Å². The Morgan fingerprint density at radius 2 is 1.84 bits per heavy atom. The molecule has 0 bridgehead atoms. The van der Waals surface area contributed by atoms with Gasteiger partial charge < -0.3 is 19.5 Å². The highest BCUT2D eigenvalue weighted by atomic mass is 16.5. The summed E-state index contributed by atoms with van der Waals surface area (Å²) in [6.45, 7) is 7.34. The Morgan fingerprint density at radius 3 is 2.62 bits per heavy atom. The minimum Gasteiger partial charge on any atom is -0.494 e. The number of fused-ring (bicyclic) bond motifs is 4. The molecule has 2 amide bonds. The summed E-state index contributed by atoms with van der Waals surface area (Å²) in [5.74, 6) is 1.07. The lowest BCUT2D eigenvalue weighted by atomic mass is 9.85. The normalized spacial score (nSPS) is 20.6. The van der Waals surface area contributed by atoms with E-state index >= 15 is 0 Å². The second kappa shape index (κ2) is 8.01. The molecular weight excluding hydrogens is 402 g/mol. The molecule has 0 unspecified atom stereocenters. The van der Waals surface area contributed by atoms with Crippen LogP contribution in [-0.4, -0.2) is 52.3 Å². The molecule has 1 aromatic heterocycles. The third-order valence-corrected chi connectivity index (χ3v) is 6.44. The molecule has 0 radical (unpaired) electrons. The van der Waals surface area contributed by atoms with Crippen molar-refractivity contribution in [1.82, 2.24) is 14.8 Å². The number of H-pyrrole nitrogens is 1. The number of amides is 2. The number of aromatic nitrogens is 1. The van der Waals surface area contributed by atoms with Crippen LogP contribution in [0.3, 0.4) is 0 Å². The zero-order chi connectivity index (χ0) is 22.4. The SMILES string of the molecule is CCOc1ccccc1[C@H]1c2[nH]c3ccccc3c2C[C@H]2C(=O)N(CC(C)C)CC(=O)N12. The van der Waals surface area contributed by atoms with Gasteiger partial charge in [-0.1, -0.05) is 50.2 Å². The van der Waals surface area contributed by atoms with Crippen LogP contribution in [0.5, 0.6) is 5.75 Å². The zero-order valence-corrected chi connectivity index (χ0v) is 18.8. The van der Waals surface area contributed by atoms with Gasteiger partial charge in [0, 0.05) is 35.1 Å². The summed E-state index contributed by atoms with van der Waals surface area (Å²) in [6.07, 6.45) is 0.520. The third kappa shape index (κ3) is 3.25. The molecule has 3 heterocycles. The molecule has 32 heavy (non-hydrogen) atoms. The number of carbonyl (C=O) groups excluding carboxylic acids is 2. The first kappa shape index (κ1) is 20.6. The number of benzene rings is 2. The maximum atomic E-state index is 13.6. The Kier molecular flexibility index (Phi) is 5.16. The van der Waals surface area contributed by atoms with Crippen molar-refractivity contribution in [1.29, 1.82) is 0 Å². The van der Waals surface area contributed by atoms with Crippen molar-refractivity contribution in [3.8, 4) is 5.75 Å². The van der Waals surface area contributed by atoms with Crippen molar-refractivity contribution in [2.75, 3.05) is 19.7 Å². The molecule has 6 nitrogen and oxygen atoms in total. The fraction of sp³-hybridized carbons (Fsp3) is 0.385. The van der Waals surface area contributed by atoms with Gasteiger partial charge in [0.05, 0.1) is 13.2 Å². The van der Waals surface area contributed by atoms with Gasteiger partial charge in [0.15, 0.2) is 0 Å². The summed E-state index contributed by atoms with van der Waals surface area (Å²) in [5.41, 5.74) is 4.03. The molecule has 166 valence electrons. The summed E-state index contributed by atoms with van der Waals surface area (Å²) in [7, 11) is 0. The number of hydrogen-bond donors (Lipinski definition) is 1. The van der Waals surface area contributed by atoms with Gasteiger partial charge in [-0.05, 0) is 30.5 Å². The van der Waals surface area contributed by atoms with Crippen molar-refractivity contribution in [2.45, 2.75) is 39.3 Å². The van der Waals surface area contributed by atoms with Crippen molar-refractivity contribution < 1.29 is 14.3 Å². The Labute approximate surface area is 188 Å². The van der Waals surface area contributed by atoms with Gasteiger partial charge in [0.2, 0.25) is 11.8 Å². The van der Waals surface area contributed by atoms with E-state index in [0.29, 0.717) is 25.5 Å².